The van der Waals surface area contributed by atoms with Gasteiger partial charge in [0.25, 0.3) is 0 Å². The third kappa shape index (κ3) is 2.82. The van der Waals surface area contributed by atoms with Crippen LogP contribution < -0.4 is 5.32 Å². The van der Waals surface area contributed by atoms with E-state index in [1.807, 2.05) is 6.92 Å². The van der Waals surface area contributed by atoms with Crippen molar-refractivity contribution in [2.75, 3.05) is 7.11 Å². The number of hydrogen-bond donors (Lipinski definition) is 1. The number of methoxy groups -OCH3 is 1. The summed E-state index contributed by atoms with van der Waals surface area (Å²) in [7, 11) is 1.69. The highest BCUT2D eigenvalue weighted by Gasteiger charge is 2.30. The Morgan fingerprint density at radius 1 is 1.35 bits per heavy atom. The topological polar surface area (TPSA) is 21.3 Å². The Balaban J connectivity index is 1.95. The molecule has 0 amide bonds. The molecule has 1 aromatic rings. The molecule has 1 saturated carbocycles. The van der Waals surface area contributed by atoms with Crippen LogP contribution in [0.5, 0.6) is 0 Å². The third-order valence-corrected chi connectivity index (χ3v) is 3.34. The Morgan fingerprint density at radius 2 is 2.06 bits per heavy atom. The fourth-order valence-electron chi connectivity index (χ4n) is 2.18. The van der Waals surface area contributed by atoms with Gasteiger partial charge in [0.2, 0.25) is 0 Å². The standard InChI is InChI=1S/C13H17F2NO/c1-8(16-10-6-11(7-10)17-2)12-5-9(14)3-4-13(12)15/h3-5,8,10-11,16H,6-7H2,1-2H3. The molecule has 0 radical (unpaired) electrons. The summed E-state index contributed by atoms with van der Waals surface area (Å²) in [6.45, 7) is 1.85. The summed E-state index contributed by atoms with van der Waals surface area (Å²) in [5.74, 6) is -0.771. The minimum absolute atomic E-state index is 0.187. The number of halogens is 2. The Labute approximate surface area is 100.0 Å². The minimum Gasteiger partial charge on any atom is -0.381 e. The van der Waals surface area contributed by atoms with Crippen molar-refractivity contribution in [3.8, 4) is 0 Å². The third-order valence-electron chi connectivity index (χ3n) is 3.34. The molecule has 2 nitrogen and oxygen atoms in total. The highest BCUT2D eigenvalue weighted by atomic mass is 19.1. The van der Waals surface area contributed by atoms with E-state index in [1.54, 1.807) is 7.11 Å². The van der Waals surface area contributed by atoms with Gasteiger partial charge in [0.15, 0.2) is 0 Å². The van der Waals surface area contributed by atoms with Gasteiger partial charge in [-0.15, -0.1) is 0 Å². The number of ether oxygens (including phenoxy) is 1. The predicted octanol–water partition coefficient (Wildman–Crippen LogP) is 2.79. The van der Waals surface area contributed by atoms with E-state index in [2.05, 4.69) is 5.32 Å². The van der Waals surface area contributed by atoms with Crippen LogP contribution in [0.2, 0.25) is 0 Å². The molecule has 0 heterocycles. The lowest BCUT2D eigenvalue weighted by Crippen LogP contribution is -2.46. The normalized spacial score (nSPS) is 25.4. The molecule has 94 valence electrons. The molecule has 1 atom stereocenters. The van der Waals surface area contributed by atoms with E-state index < -0.39 is 5.82 Å². The summed E-state index contributed by atoms with van der Waals surface area (Å²) in [5.41, 5.74) is 0.380. The van der Waals surface area contributed by atoms with E-state index in [1.165, 1.54) is 12.1 Å². The van der Waals surface area contributed by atoms with Gasteiger partial charge in [-0.1, -0.05) is 0 Å². The van der Waals surface area contributed by atoms with Gasteiger partial charge >= 0.3 is 0 Å². The average Bonchev–Trinajstić information content (AvgIpc) is 2.25. The highest BCUT2D eigenvalue weighted by Crippen LogP contribution is 2.26. The highest BCUT2D eigenvalue weighted by molar-refractivity contribution is 5.22. The maximum Gasteiger partial charge on any atom is 0.128 e. The SMILES string of the molecule is COC1CC(NC(C)c2cc(F)ccc2F)C1. The van der Waals surface area contributed by atoms with Gasteiger partial charge in [0, 0.05) is 24.8 Å². The first-order chi connectivity index (χ1) is 8.10. The van der Waals surface area contributed by atoms with Crippen LogP contribution in [0.4, 0.5) is 8.78 Å². The Hall–Kier alpha value is -1.00. The van der Waals surface area contributed by atoms with Crippen molar-refractivity contribution in [2.24, 2.45) is 0 Å². The van der Waals surface area contributed by atoms with Crippen LogP contribution in [0.3, 0.4) is 0 Å². The Morgan fingerprint density at radius 3 is 2.71 bits per heavy atom. The van der Waals surface area contributed by atoms with Gasteiger partial charge in [0.05, 0.1) is 6.10 Å². The van der Waals surface area contributed by atoms with Crippen LogP contribution in [0.25, 0.3) is 0 Å². The second-order valence-corrected chi connectivity index (χ2v) is 4.58. The lowest BCUT2D eigenvalue weighted by molar-refractivity contribution is 0.0146. The van der Waals surface area contributed by atoms with E-state index in [4.69, 9.17) is 4.74 Å². The summed E-state index contributed by atoms with van der Waals surface area (Å²) in [6.07, 6.45) is 2.16. The fourth-order valence-corrected chi connectivity index (χ4v) is 2.18. The maximum absolute atomic E-state index is 13.5. The van der Waals surface area contributed by atoms with Crippen molar-refractivity contribution >= 4 is 0 Å². The molecule has 0 bridgehead atoms. The van der Waals surface area contributed by atoms with E-state index >= 15 is 0 Å². The second kappa shape index (κ2) is 5.10. The molecule has 1 aliphatic rings. The van der Waals surface area contributed by atoms with Crippen LogP contribution in [-0.2, 0) is 4.74 Å². The first kappa shape index (κ1) is 12.5. The van der Waals surface area contributed by atoms with E-state index in [0.717, 1.165) is 18.9 Å². The van der Waals surface area contributed by atoms with Crippen LogP contribution in [0.1, 0.15) is 31.4 Å². The minimum atomic E-state index is -0.404. The average molecular weight is 241 g/mol. The fraction of sp³-hybridized carbons (Fsp3) is 0.538. The van der Waals surface area contributed by atoms with Gasteiger partial charge in [0.1, 0.15) is 11.6 Å². The Kier molecular flexibility index (Phi) is 3.74. The van der Waals surface area contributed by atoms with E-state index in [0.29, 0.717) is 17.7 Å². The van der Waals surface area contributed by atoms with Crippen molar-refractivity contribution in [1.29, 1.82) is 0 Å². The Bertz CT molecular complexity index is 391. The lowest BCUT2D eigenvalue weighted by atomic mass is 9.88. The molecule has 17 heavy (non-hydrogen) atoms. The molecule has 0 saturated heterocycles. The van der Waals surface area contributed by atoms with Crippen LogP contribution in [0.15, 0.2) is 18.2 Å². The summed E-state index contributed by atoms with van der Waals surface area (Å²) in [5, 5.41) is 3.28. The summed E-state index contributed by atoms with van der Waals surface area (Å²) >= 11 is 0. The molecule has 1 fully saturated rings. The monoisotopic (exact) mass is 241 g/mol. The molecule has 1 aliphatic carbocycles. The first-order valence-corrected chi connectivity index (χ1v) is 5.84. The zero-order valence-electron chi connectivity index (χ0n) is 10.0. The van der Waals surface area contributed by atoms with Gasteiger partial charge in [-0.05, 0) is 38.0 Å². The van der Waals surface area contributed by atoms with Gasteiger partial charge < -0.3 is 10.1 Å². The molecule has 0 spiro atoms. The summed E-state index contributed by atoms with van der Waals surface area (Å²) < 4.78 is 31.7. The number of nitrogens with one attached hydrogen (secondary N) is 1. The summed E-state index contributed by atoms with van der Waals surface area (Å²) in [4.78, 5) is 0. The van der Waals surface area contributed by atoms with Crippen molar-refractivity contribution in [1.82, 2.24) is 5.32 Å². The maximum atomic E-state index is 13.5. The van der Waals surface area contributed by atoms with Crippen LogP contribution >= 0.6 is 0 Å². The largest absolute Gasteiger partial charge is 0.381 e. The van der Waals surface area contributed by atoms with Gasteiger partial charge in [-0.25, -0.2) is 8.78 Å². The van der Waals surface area contributed by atoms with Gasteiger partial charge in [-0.3, -0.25) is 0 Å². The van der Waals surface area contributed by atoms with Crippen molar-refractivity contribution in [2.45, 2.75) is 38.0 Å². The smallest absolute Gasteiger partial charge is 0.128 e. The number of rotatable bonds is 4. The molecule has 2 rings (SSSR count). The van der Waals surface area contributed by atoms with Crippen LogP contribution in [0, 0.1) is 11.6 Å². The zero-order chi connectivity index (χ0) is 12.4. The molecular weight excluding hydrogens is 224 g/mol. The van der Waals surface area contributed by atoms with E-state index in [-0.39, 0.29) is 11.9 Å². The quantitative estimate of drug-likeness (QED) is 0.875. The van der Waals surface area contributed by atoms with Gasteiger partial charge in [-0.2, -0.15) is 0 Å². The van der Waals surface area contributed by atoms with Crippen molar-refractivity contribution < 1.29 is 13.5 Å². The zero-order valence-corrected chi connectivity index (χ0v) is 10.0. The molecule has 0 aliphatic heterocycles. The molecule has 4 heteroatoms. The first-order valence-electron chi connectivity index (χ1n) is 5.84. The van der Waals surface area contributed by atoms with Crippen LogP contribution in [-0.4, -0.2) is 19.3 Å². The number of hydrogen-bond acceptors (Lipinski definition) is 2. The second-order valence-electron chi connectivity index (χ2n) is 4.58. The van der Waals surface area contributed by atoms with Crippen molar-refractivity contribution in [3.63, 3.8) is 0 Å². The van der Waals surface area contributed by atoms with Crippen molar-refractivity contribution in [3.05, 3.63) is 35.4 Å². The molecule has 1 aromatic carbocycles. The summed E-state index contributed by atoms with van der Waals surface area (Å²) in [6, 6.07) is 3.70. The molecule has 0 aromatic heterocycles. The lowest BCUT2D eigenvalue weighted by Gasteiger charge is -2.36. The predicted molar refractivity (Wildman–Crippen MR) is 61.7 cm³/mol. The molecule has 1 N–H and O–H groups in total. The molecular formula is C13H17F2NO. The van der Waals surface area contributed by atoms with E-state index in [9.17, 15) is 8.78 Å². The number of benzene rings is 1. The molecule has 1 unspecified atom stereocenters.